The number of rotatable bonds is 5. The Hall–Kier alpha value is -1.43. The van der Waals surface area contributed by atoms with Crippen molar-refractivity contribution in [2.75, 3.05) is 5.32 Å². The van der Waals surface area contributed by atoms with Crippen LogP contribution in [0.2, 0.25) is 0 Å². The second kappa shape index (κ2) is 5.40. The molecule has 0 aliphatic heterocycles. The molecular weight excluding hydrogens is 288 g/mol. The van der Waals surface area contributed by atoms with Gasteiger partial charge in [-0.05, 0) is 43.9 Å². The number of carbonyl (C=O) groups is 2. The summed E-state index contributed by atoms with van der Waals surface area (Å²) < 4.78 is 0. The Kier molecular flexibility index (Phi) is 3.73. The molecule has 114 valence electrons. The van der Waals surface area contributed by atoms with E-state index in [0.29, 0.717) is 11.0 Å². The van der Waals surface area contributed by atoms with Crippen molar-refractivity contribution in [1.82, 2.24) is 4.98 Å². The van der Waals surface area contributed by atoms with Crippen molar-refractivity contribution < 1.29 is 14.7 Å². The summed E-state index contributed by atoms with van der Waals surface area (Å²) in [6.45, 7) is 3.52. The first kappa shape index (κ1) is 14.5. The minimum Gasteiger partial charge on any atom is -0.476 e. The zero-order chi connectivity index (χ0) is 15.1. The second-order valence-corrected chi connectivity index (χ2v) is 7.33. The van der Waals surface area contributed by atoms with Gasteiger partial charge in [0, 0.05) is 13.0 Å². The zero-order valence-corrected chi connectivity index (χ0v) is 13.1. The van der Waals surface area contributed by atoms with Crippen LogP contribution in [0, 0.1) is 17.8 Å². The maximum absolute atomic E-state index is 11.5. The van der Waals surface area contributed by atoms with E-state index in [1.807, 2.05) is 0 Å². The summed E-state index contributed by atoms with van der Waals surface area (Å²) in [6, 6.07) is 0.271. The third-order valence-electron chi connectivity index (χ3n) is 4.94. The van der Waals surface area contributed by atoms with E-state index < -0.39 is 5.97 Å². The first-order valence-electron chi connectivity index (χ1n) is 7.47. The van der Waals surface area contributed by atoms with Gasteiger partial charge < -0.3 is 10.4 Å². The van der Waals surface area contributed by atoms with E-state index in [2.05, 4.69) is 17.2 Å². The highest BCUT2D eigenvalue weighted by Gasteiger charge is 2.42. The molecule has 2 aliphatic carbocycles. The highest BCUT2D eigenvalue weighted by atomic mass is 32.1. The molecule has 2 saturated carbocycles. The van der Waals surface area contributed by atoms with Gasteiger partial charge in [0.2, 0.25) is 0 Å². The maximum Gasteiger partial charge on any atom is 0.356 e. The van der Waals surface area contributed by atoms with E-state index in [1.54, 1.807) is 0 Å². The number of nitrogens with zero attached hydrogens (tertiary/aromatic N) is 1. The number of fused-ring (bicyclic) bond motifs is 2. The SMILES string of the molecule is CC(=O)c1sc(NC(C)C2CC3CCC2C3)nc1C(=O)O. The van der Waals surface area contributed by atoms with Crippen LogP contribution >= 0.6 is 11.3 Å². The Bertz CT molecular complexity index is 552. The summed E-state index contributed by atoms with van der Waals surface area (Å²) in [7, 11) is 0. The monoisotopic (exact) mass is 308 g/mol. The molecule has 0 saturated heterocycles. The van der Waals surface area contributed by atoms with Crippen LogP contribution in [0.15, 0.2) is 0 Å². The van der Waals surface area contributed by atoms with Gasteiger partial charge >= 0.3 is 5.97 Å². The number of nitrogens with one attached hydrogen (secondary N) is 1. The molecule has 1 aromatic heterocycles. The van der Waals surface area contributed by atoms with Crippen molar-refractivity contribution in [2.45, 2.75) is 45.6 Å². The Morgan fingerprint density at radius 3 is 2.62 bits per heavy atom. The second-order valence-electron chi connectivity index (χ2n) is 6.33. The van der Waals surface area contributed by atoms with E-state index in [4.69, 9.17) is 5.11 Å². The number of hydrogen-bond acceptors (Lipinski definition) is 5. The van der Waals surface area contributed by atoms with Crippen molar-refractivity contribution in [3.63, 3.8) is 0 Å². The lowest BCUT2D eigenvalue weighted by Crippen LogP contribution is -2.29. The van der Waals surface area contributed by atoms with Crippen LogP contribution in [-0.4, -0.2) is 27.9 Å². The van der Waals surface area contributed by atoms with Crippen LogP contribution in [0.5, 0.6) is 0 Å². The van der Waals surface area contributed by atoms with Crippen LogP contribution < -0.4 is 5.32 Å². The van der Waals surface area contributed by atoms with E-state index >= 15 is 0 Å². The number of hydrogen-bond donors (Lipinski definition) is 2. The third-order valence-corrected chi connectivity index (χ3v) is 6.02. The number of carboxylic acid groups (broad SMARTS) is 1. The highest BCUT2D eigenvalue weighted by Crippen LogP contribution is 2.50. The Morgan fingerprint density at radius 1 is 1.38 bits per heavy atom. The molecule has 2 bridgehead atoms. The van der Waals surface area contributed by atoms with Crippen LogP contribution in [-0.2, 0) is 0 Å². The molecule has 1 aromatic rings. The summed E-state index contributed by atoms with van der Waals surface area (Å²) in [5.74, 6) is 0.927. The van der Waals surface area contributed by atoms with Crippen molar-refractivity contribution in [2.24, 2.45) is 17.8 Å². The van der Waals surface area contributed by atoms with Crippen molar-refractivity contribution in [3.8, 4) is 0 Å². The fraction of sp³-hybridized carbons (Fsp3) is 0.667. The molecule has 0 radical (unpaired) electrons. The number of thiazole rings is 1. The number of anilines is 1. The van der Waals surface area contributed by atoms with Gasteiger partial charge in [-0.3, -0.25) is 4.79 Å². The summed E-state index contributed by atoms with van der Waals surface area (Å²) in [5, 5.41) is 13.0. The average Bonchev–Trinajstić information content (AvgIpc) is 3.12. The van der Waals surface area contributed by atoms with Crippen LogP contribution in [0.25, 0.3) is 0 Å². The fourth-order valence-corrected chi connectivity index (χ4v) is 4.92. The van der Waals surface area contributed by atoms with Gasteiger partial charge in [0.15, 0.2) is 16.6 Å². The largest absolute Gasteiger partial charge is 0.476 e. The molecule has 4 unspecified atom stereocenters. The molecule has 0 aromatic carbocycles. The quantitative estimate of drug-likeness (QED) is 0.816. The number of aromatic nitrogens is 1. The summed E-state index contributed by atoms with van der Waals surface area (Å²) in [4.78, 5) is 27.0. The lowest BCUT2D eigenvalue weighted by molar-refractivity contribution is 0.0687. The van der Waals surface area contributed by atoms with Crippen LogP contribution in [0.4, 0.5) is 5.13 Å². The van der Waals surface area contributed by atoms with Crippen LogP contribution in [0.1, 0.15) is 59.7 Å². The number of carbonyl (C=O) groups excluding carboxylic acids is 1. The molecule has 2 aliphatic rings. The molecule has 0 spiro atoms. The van der Waals surface area contributed by atoms with Gasteiger partial charge in [0.25, 0.3) is 0 Å². The van der Waals surface area contributed by atoms with E-state index in [0.717, 1.165) is 23.2 Å². The summed E-state index contributed by atoms with van der Waals surface area (Å²) in [5.41, 5.74) is -0.129. The van der Waals surface area contributed by atoms with Crippen molar-refractivity contribution in [1.29, 1.82) is 0 Å². The Balaban J connectivity index is 1.74. The van der Waals surface area contributed by atoms with Gasteiger partial charge in [-0.25, -0.2) is 9.78 Å². The Morgan fingerprint density at radius 2 is 2.14 bits per heavy atom. The number of aromatic carboxylic acids is 1. The van der Waals surface area contributed by atoms with E-state index in [-0.39, 0.29) is 22.4 Å². The lowest BCUT2D eigenvalue weighted by atomic mass is 9.84. The lowest BCUT2D eigenvalue weighted by Gasteiger charge is -2.28. The number of Topliss-reactive ketones (excluding diaryl/α,β-unsaturated/α-hetero) is 1. The molecule has 21 heavy (non-hydrogen) atoms. The number of carboxylic acids is 1. The van der Waals surface area contributed by atoms with Crippen molar-refractivity contribution in [3.05, 3.63) is 10.6 Å². The zero-order valence-electron chi connectivity index (χ0n) is 12.3. The first-order valence-corrected chi connectivity index (χ1v) is 8.29. The fourth-order valence-electron chi connectivity index (χ4n) is 3.97. The minimum absolute atomic E-state index is 0.129. The molecule has 0 amide bonds. The minimum atomic E-state index is -1.14. The molecule has 3 rings (SSSR count). The molecule has 2 N–H and O–H groups in total. The molecule has 2 fully saturated rings. The van der Waals surface area contributed by atoms with Gasteiger partial charge in [-0.15, -0.1) is 0 Å². The molecular formula is C15H20N2O3S. The summed E-state index contributed by atoms with van der Waals surface area (Å²) in [6.07, 6.45) is 5.28. The smallest absolute Gasteiger partial charge is 0.356 e. The van der Waals surface area contributed by atoms with Gasteiger partial charge in [0.05, 0.1) is 0 Å². The topological polar surface area (TPSA) is 79.3 Å². The highest BCUT2D eigenvalue weighted by molar-refractivity contribution is 7.17. The maximum atomic E-state index is 11.5. The predicted molar refractivity (Wildman–Crippen MR) is 81.1 cm³/mol. The molecule has 1 heterocycles. The molecule has 5 nitrogen and oxygen atoms in total. The van der Waals surface area contributed by atoms with Crippen LogP contribution in [0.3, 0.4) is 0 Å². The standard InChI is InChI=1S/C15H20N2O3S/c1-7(11-6-9-3-4-10(11)5-9)16-15-17-12(14(19)20)13(21-15)8(2)18/h7,9-11H,3-6H2,1-2H3,(H,16,17)(H,19,20). The first-order chi connectivity index (χ1) is 9.95. The van der Waals surface area contributed by atoms with E-state index in [1.165, 1.54) is 32.6 Å². The Labute approximate surface area is 127 Å². The summed E-state index contributed by atoms with van der Waals surface area (Å²) >= 11 is 1.15. The van der Waals surface area contributed by atoms with Gasteiger partial charge in [-0.2, -0.15) is 0 Å². The molecule has 6 heteroatoms. The number of ketones is 1. The van der Waals surface area contributed by atoms with Gasteiger partial charge in [-0.1, -0.05) is 17.8 Å². The normalized spacial score (nSPS) is 28.6. The molecule has 4 atom stereocenters. The third kappa shape index (κ3) is 2.69. The van der Waals surface area contributed by atoms with E-state index in [9.17, 15) is 9.59 Å². The average molecular weight is 308 g/mol. The predicted octanol–water partition coefficient (Wildman–Crippen LogP) is 3.28. The van der Waals surface area contributed by atoms with Gasteiger partial charge in [0.1, 0.15) is 4.88 Å². The van der Waals surface area contributed by atoms with Crippen molar-refractivity contribution >= 4 is 28.2 Å².